The van der Waals surface area contributed by atoms with Crippen molar-refractivity contribution < 1.29 is 19.2 Å². The normalized spacial score (nSPS) is 29.2. The van der Waals surface area contributed by atoms with E-state index in [-0.39, 0.29) is 18.1 Å². The number of hydrogen-bond acceptors (Lipinski definition) is 5. The van der Waals surface area contributed by atoms with Crippen LogP contribution in [-0.2, 0) is 27.5 Å². The number of ketones is 1. The smallest absolute Gasteiger partial charge is 0.334 e. The molecule has 0 aliphatic heterocycles. The van der Waals surface area contributed by atoms with Gasteiger partial charge >= 0.3 is 5.97 Å². The van der Waals surface area contributed by atoms with Crippen molar-refractivity contribution in [2.75, 3.05) is 0 Å². The first-order valence-corrected chi connectivity index (χ1v) is 12.1. The summed E-state index contributed by atoms with van der Waals surface area (Å²) in [7, 11) is 0. The van der Waals surface area contributed by atoms with Gasteiger partial charge in [0.05, 0.1) is 0 Å². The number of benzene rings is 2. The van der Waals surface area contributed by atoms with Crippen LogP contribution in [0, 0.1) is 17.3 Å². The molecule has 0 aromatic heterocycles. The molecule has 4 atom stereocenters. The van der Waals surface area contributed by atoms with Crippen molar-refractivity contribution in [2.45, 2.75) is 64.9 Å². The van der Waals surface area contributed by atoms with Crippen LogP contribution in [0.3, 0.4) is 0 Å². The molecule has 3 aliphatic carbocycles. The zero-order chi connectivity index (χ0) is 23.0. The lowest BCUT2D eigenvalue weighted by molar-refractivity contribution is -0.143. The fraction of sp³-hybridized carbons (Fsp3) is 0.464. The average Bonchev–Trinajstić information content (AvgIpc) is 3.11. The van der Waals surface area contributed by atoms with E-state index in [4.69, 9.17) is 9.57 Å². The Kier molecular flexibility index (Phi) is 5.81. The number of aryl methyl sites for hydroxylation is 1. The molecule has 0 unspecified atom stereocenters. The lowest BCUT2D eigenvalue weighted by atomic mass is 9.55. The maximum Gasteiger partial charge on any atom is 0.334 e. The molecule has 0 heterocycles. The van der Waals surface area contributed by atoms with Gasteiger partial charge in [0.1, 0.15) is 18.1 Å². The second-order valence-corrected chi connectivity index (χ2v) is 9.89. The summed E-state index contributed by atoms with van der Waals surface area (Å²) in [5, 5.41) is 3.98. The highest BCUT2D eigenvalue weighted by atomic mass is 16.7. The molecule has 5 heteroatoms. The van der Waals surface area contributed by atoms with Crippen molar-refractivity contribution in [2.24, 2.45) is 22.4 Å². The summed E-state index contributed by atoms with van der Waals surface area (Å²) >= 11 is 0. The van der Waals surface area contributed by atoms with Crippen LogP contribution >= 0.6 is 0 Å². The third-order valence-electron chi connectivity index (χ3n) is 8.08. The second kappa shape index (κ2) is 8.77. The van der Waals surface area contributed by atoms with Gasteiger partial charge in [0.15, 0.2) is 5.78 Å². The topological polar surface area (TPSA) is 65.0 Å². The van der Waals surface area contributed by atoms with Crippen molar-refractivity contribution in [3.63, 3.8) is 0 Å². The van der Waals surface area contributed by atoms with E-state index in [0.29, 0.717) is 30.6 Å². The van der Waals surface area contributed by atoms with Crippen LogP contribution in [0.5, 0.6) is 5.75 Å². The van der Waals surface area contributed by atoms with Gasteiger partial charge in [-0.1, -0.05) is 55.4 Å². The van der Waals surface area contributed by atoms with E-state index in [1.165, 1.54) is 11.1 Å². The lowest BCUT2D eigenvalue weighted by Crippen LogP contribution is -2.42. The summed E-state index contributed by atoms with van der Waals surface area (Å²) < 4.78 is 6.06. The quantitative estimate of drug-likeness (QED) is 0.443. The van der Waals surface area contributed by atoms with Gasteiger partial charge in [-0.15, -0.1) is 0 Å². The molecule has 0 spiro atoms. The zero-order valence-electron chi connectivity index (χ0n) is 19.4. The summed E-state index contributed by atoms with van der Waals surface area (Å²) in [6.45, 7) is 4.39. The Morgan fingerprint density at radius 2 is 1.97 bits per heavy atom. The van der Waals surface area contributed by atoms with Crippen molar-refractivity contribution in [3.8, 4) is 5.75 Å². The van der Waals surface area contributed by atoms with Gasteiger partial charge < -0.3 is 9.57 Å². The average molecular weight is 446 g/mol. The molecule has 5 nitrogen and oxygen atoms in total. The highest BCUT2D eigenvalue weighted by Gasteiger charge is 2.57. The first-order valence-electron chi connectivity index (χ1n) is 12.1. The minimum atomic E-state index is -0.398. The largest absolute Gasteiger partial charge is 0.489 e. The van der Waals surface area contributed by atoms with Crippen molar-refractivity contribution in [1.82, 2.24) is 0 Å². The second-order valence-electron chi connectivity index (χ2n) is 9.89. The monoisotopic (exact) mass is 445 g/mol. The number of Topliss-reactive ketones (excluding diaryl/α,β-unsaturated/α-hetero) is 1. The van der Waals surface area contributed by atoms with Crippen LogP contribution in [0.2, 0.25) is 0 Å². The number of carbonyl (C=O) groups excluding carboxylic acids is 2. The van der Waals surface area contributed by atoms with Gasteiger partial charge in [0.2, 0.25) is 0 Å². The summed E-state index contributed by atoms with van der Waals surface area (Å²) in [6, 6.07) is 16.8. The Labute approximate surface area is 195 Å². The molecule has 2 fully saturated rings. The van der Waals surface area contributed by atoms with Gasteiger partial charge in [0, 0.05) is 18.3 Å². The summed E-state index contributed by atoms with van der Waals surface area (Å²) in [6.07, 6.45) is 4.78. The first kappa shape index (κ1) is 21.9. The zero-order valence-corrected chi connectivity index (χ0v) is 19.4. The third kappa shape index (κ3) is 3.98. The van der Waals surface area contributed by atoms with Gasteiger partial charge in [-0.05, 0) is 72.3 Å². The van der Waals surface area contributed by atoms with Crippen LogP contribution in [0.15, 0.2) is 53.7 Å². The Morgan fingerprint density at radius 3 is 2.76 bits per heavy atom. The van der Waals surface area contributed by atoms with Gasteiger partial charge in [-0.2, -0.15) is 0 Å². The molecule has 33 heavy (non-hydrogen) atoms. The molecular formula is C28H31NO4. The highest BCUT2D eigenvalue weighted by molar-refractivity contribution is 6.43. The van der Waals surface area contributed by atoms with Crippen molar-refractivity contribution in [1.29, 1.82) is 0 Å². The minimum Gasteiger partial charge on any atom is -0.489 e. The summed E-state index contributed by atoms with van der Waals surface area (Å²) in [5.74, 6) is 1.76. The molecular weight excluding hydrogens is 414 g/mol. The molecule has 2 saturated carbocycles. The maximum atomic E-state index is 13.2. The molecule has 0 radical (unpaired) electrons. The number of hydrogen-bond donors (Lipinski definition) is 0. The predicted molar refractivity (Wildman–Crippen MR) is 126 cm³/mol. The van der Waals surface area contributed by atoms with Crippen molar-refractivity contribution in [3.05, 3.63) is 65.2 Å². The van der Waals surface area contributed by atoms with Crippen LogP contribution in [0.4, 0.5) is 0 Å². The minimum absolute atomic E-state index is 0.0744. The van der Waals surface area contributed by atoms with Gasteiger partial charge in [-0.25, -0.2) is 4.79 Å². The molecule has 0 amide bonds. The molecule has 5 rings (SSSR count). The van der Waals surface area contributed by atoms with Crippen LogP contribution in [-0.4, -0.2) is 17.5 Å². The Bertz CT molecular complexity index is 1090. The van der Waals surface area contributed by atoms with E-state index in [1.54, 1.807) is 6.92 Å². The van der Waals surface area contributed by atoms with Gasteiger partial charge in [-0.3, -0.25) is 4.79 Å². The van der Waals surface area contributed by atoms with E-state index < -0.39 is 11.4 Å². The van der Waals surface area contributed by atoms with E-state index in [0.717, 1.165) is 37.0 Å². The van der Waals surface area contributed by atoms with E-state index in [2.05, 4.69) is 42.4 Å². The Morgan fingerprint density at radius 1 is 1.15 bits per heavy atom. The summed E-state index contributed by atoms with van der Waals surface area (Å²) in [5.41, 5.74) is 4.00. The molecule has 172 valence electrons. The molecule has 0 saturated heterocycles. The SMILES string of the molecule is CCC(=O)O/N=C1/C[C@H]2[C@@H]3CCc4cc(OCc5ccccc5)ccc4[C@H]3CC[C@@]2(C)C1=O. The maximum absolute atomic E-state index is 13.2. The third-order valence-corrected chi connectivity index (χ3v) is 8.08. The number of carbonyl (C=O) groups is 2. The standard InChI is InChI=1S/C28H31NO4/c1-3-26(30)33-29-25-16-24-23-11-9-19-15-20(32-17-18-7-5-4-6-8-18)10-12-21(19)22(23)13-14-28(24,2)27(25)31/h4-8,10,12,15,22-24H,3,9,11,13-14,16-17H2,1-2H3/b29-25-/t22-,23-,24+,28-/m1/s1. The number of fused-ring (bicyclic) bond motifs is 5. The Balaban J connectivity index is 1.33. The fourth-order valence-electron chi connectivity index (χ4n) is 6.25. The molecule has 0 bridgehead atoms. The van der Waals surface area contributed by atoms with Crippen LogP contribution in [0.25, 0.3) is 0 Å². The number of nitrogens with zero attached hydrogens (tertiary/aromatic N) is 1. The van der Waals surface area contributed by atoms with Crippen LogP contribution < -0.4 is 4.74 Å². The predicted octanol–water partition coefficient (Wildman–Crippen LogP) is 5.61. The lowest BCUT2D eigenvalue weighted by Gasteiger charge is -2.47. The van der Waals surface area contributed by atoms with E-state index in [9.17, 15) is 9.59 Å². The fourth-order valence-corrected chi connectivity index (χ4v) is 6.25. The van der Waals surface area contributed by atoms with E-state index in [1.807, 2.05) is 18.2 Å². The van der Waals surface area contributed by atoms with Crippen LogP contribution in [0.1, 0.15) is 68.6 Å². The van der Waals surface area contributed by atoms with Crippen molar-refractivity contribution >= 4 is 17.5 Å². The molecule has 0 N–H and O–H groups in total. The molecule has 2 aromatic carbocycles. The first-order chi connectivity index (χ1) is 16.0. The van der Waals surface area contributed by atoms with Gasteiger partial charge in [0.25, 0.3) is 0 Å². The number of ether oxygens (including phenoxy) is 1. The molecule has 2 aromatic rings. The molecule has 3 aliphatic rings. The highest BCUT2D eigenvalue weighted by Crippen LogP contribution is 2.59. The number of oxime groups is 1. The number of rotatable bonds is 5. The summed E-state index contributed by atoms with van der Waals surface area (Å²) in [4.78, 5) is 29.7. The Hall–Kier alpha value is -2.95. The van der Waals surface area contributed by atoms with E-state index >= 15 is 0 Å².